The molecule has 0 radical (unpaired) electrons. The Morgan fingerprint density at radius 1 is 1.40 bits per heavy atom. The van der Waals surface area contributed by atoms with Gasteiger partial charge < -0.3 is 15.4 Å². The highest BCUT2D eigenvalue weighted by molar-refractivity contribution is 6.31. The van der Waals surface area contributed by atoms with Crippen molar-refractivity contribution < 1.29 is 14.7 Å². The number of carboxylic acid groups (broad SMARTS) is 1. The van der Waals surface area contributed by atoms with Gasteiger partial charge >= 0.3 is 11.9 Å². The van der Waals surface area contributed by atoms with Crippen LogP contribution in [0.5, 0.6) is 0 Å². The summed E-state index contributed by atoms with van der Waals surface area (Å²) in [5.41, 5.74) is 3.28. The van der Waals surface area contributed by atoms with E-state index in [0.717, 1.165) is 35.0 Å². The average Bonchev–Trinajstić information content (AvgIpc) is 2.76. The number of H-pyrrole nitrogens is 1. The number of halogens is 1. The molecular formula is C14H13ClN2O3. The predicted octanol–water partition coefficient (Wildman–Crippen LogP) is 1.88. The van der Waals surface area contributed by atoms with E-state index in [1.54, 1.807) is 0 Å². The molecule has 1 aromatic heterocycles. The summed E-state index contributed by atoms with van der Waals surface area (Å²) in [5.74, 6) is -2.39. The molecule has 104 valence electrons. The average molecular weight is 293 g/mol. The van der Waals surface area contributed by atoms with Gasteiger partial charge in [0.15, 0.2) is 0 Å². The molecular weight excluding hydrogens is 280 g/mol. The Hall–Kier alpha value is -2.01. The highest BCUT2D eigenvalue weighted by Crippen LogP contribution is 2.30. The number of carboxylic acids is 1. The van der Waals surface area contributed by atoms with Gasteiger partial charge in [0.05, 0.1) is 0 Å². The van der Waals surface area contributed by atoms with Crippen molar-refractivity contribution in [3.05, 3.63) is 34.5 Å². The lowest BCUT2D eigenvalue weighted by atomic mass is 9.91. The van der Waals surface area contributed by atoms with Crippen LogP contribution in [0.25, 0.3) is 10.9 Å². The summed E-state index contributed by atoms with van der Waals surface area (Å²) in [7, 11) is 0. The van der Waals surface area contributed by atoms with Gasteiger partial charge in [-0.2, -0.15) is 0 Å². The van der Waals surface area contributed by atoms with Crippen LogP contribution in [0.3, 0.4) is 0 Å². The van der Waals surface area contributed by atoms with Crippen molar-refractivity contribution in [3.8, 4) is 0 Å². The smallest absolute Gasteiger partial charge is 0.394 e. The Morgan fingerprint density at radius 3 is 2.95 bits per heavy atom. The van der Waals surface area contributed by atoms with E-state index in [0.29, 0.717) is 11.4 Å². The Balaban J connectivity index is 1.90. The van der Waals surface area contributed by atoms with Gasteiger partial charge in [-0.15, -0.1) is 0 Å². The molecule has 2 aromatic rings. The quantitative estimate of drug-likeness (QED) is 0.702. The molecule has 1 atom stereocenters. The number of benzene rings is 1. The first-order chi connectivity index (χ1) is 9.54. The number of hydrogen-bond donors (Lipinski definition) is 3. The van der Waals surface area contributed by atoms with Crippen LogP contribution in [0.2, 0.25) is 5.02 Å². The number of aromatic amines is 1. The monoisotopic (exact) mass is 292 g/mol. The largest absolute Gasteiger partial charge is 0.474 e. The van der Waals surface area contributed by atoms with Crippen molar-refractivity contribution in [3.63, 3.8) is 0 Å². The van der Waals surface area contributed by atoms with E-state index in [2.05, 4.69) is 10.3 Å². The number of amides is 1. The molecule has 0 bridgehead atoms. The second-order valence-electron chi connectivity index (χ2n) is 4.99. The molecule has 0 aliphatic heterocycles. The fraction of sp³-hybridized carbons (Fsp3) is 0.286. The Bertz CT molecular complexity index is 708. The third-order valence-electron chi connectivity index (χ3n) is 3.68. The molecule has 0 saturated carbocycles. The normalized spacial score (nSPS) is 17.8. The minimum Gasteiger partial charge on any atom is -0.474 e. The predicted molar refractivity (Wildman–Crippen MR) is 74.9 cm³/mol. The topological polar surface area (TPSA) is 82.2 Å². The molecule has 6 heteroatoms. The van der Waals surface area contributed by atoms with Crippen molar-refractivity contribution in [1.29, 1.82) is 0 Å². The minimum atomic E-state index is -1.45. The summed E-state index contributed by atoms with van der Waals surface area (Å²) < 4.78 is 0. The number of fused-ring (bicyclic) bond motifs is 3. The van der Waals surface area contributed by atoms with Crippen LogP contribution in [-0.4, -0.2) is 28.0 Å². The van der Waals surface area contributed by atoms with Gasteiger partial charge in [-0.1, -0.05) is 11.6 Å². The number of aliphatic carboxylic acids is 1. The number of rotatable bonds is 1. The zero-order valence-corrected chi connectivity index (χ0v) is 11.3. The van der Waals surface area contributed by atoms with Gasteiger partial charge in [-0.3, -0.25) is 4.79 Å². The molecule has 3 N–H and O–H groups in total. The second kappa shape index (κ2) is 4.83. The van der Waals surface area contributed by atoms with Crippen molar-refractivity contribution in [1.82, 2.24) is 10.3 Å². The lowest BCUT2D eigenvalue weighted by molar-refractivity contribution is -0.150. The summed E-state index contributed by atoms with van der Waals surface area (Å²) in [4.78, 5) is 25.2. The fourth-order valence-corrected chi connectivity index (χ4v) is 2.93. The van der Waals surface area contributed by atoms with Gasteiger partial charge in [-0.05, 0) is 43.0 Å². The molecule has 3 rings (SSSR count). The molecule has 1 aliphatic carbocycles. The highest BCUT2D eigenvalue weighted by atomic mass is 35.5. The summed E-state index contributed by atoms with van der Waals surface area (Å²) in [6, 6.07) is 5.51. The summed E-state index contributed by atoms with van der Waals surface area (Å²) >= 11 is 6.02. The number of aryl methyl sites for hydroxylation is 1. The van der Waals surface area contributed by atoms with Crippen LogP contribution >= 0.6 is 11.6 Å². The molecule has 1 heterocycles. The van der Waals surface area contributed by atoms with Gasteiger partial charge in [0.1, 0.15) is 0 Å². The lowest BCUT2D eigenvalue weighted by Gasteiger charge is -2.22. The Labute approximate surface area is 119 Å². The van der Waals surface area contributed by atoms with Gasteiger partial charge in [0.25, 0.3) is 0 Å². The number of aromatic nitrogens is 1. The van der Waals surface area contributed by atoms with E-state index in [4.69, 9.17) is 16.7 Å². The van der Waals surface area contributed by atoms with E-state index in [1.165, 1.54) is 0 Å². The number of hydrogen-bond acceptors (Lipinski definition) is 2. The maximum Gasteiger partial charge on any atom is 0.394 e. The first-order valence-corrected chi connectivity index (χ1v) is 6.75. The molecule has 1 amide bonds. The molecule has 1 aliphatic rings. The number of nitrogens with one attached hydrogen (secondary N) is 2. The van der Waals surface area contributed by atoms with E-state index < -0.39 is 11.9 Å². The second-order valence-corrected chi connectivity index (χ2v) is 5.43. The van der Waals surface area contributed by atoms with E-state index in [9.17, 15) is 9.59 Å². The van der Waals surface area contributed by atoms with E-state index in [1.807, 2.05) is 18.2 Å². The standard InChI is InChI=1S/C14H13ClN2O3/c15-7-1-3-11-9(5-7)10-6-8(2-4-12(10)17-11)16-13(18)14(19)20/h1,3,5,8,17H,2,4,6H2,(H,16,18)(H,19,20). The summed E-state index contributed by atoms with van der Waals surface area (Å²) in [6.07, 6.45) is 2.13. The molecule has 0 saturated heterocycles. The molecule has 1 aromatic carbocycles. The third kappa shape index (κ3) is 2.25. The SMILES string of the molecule is O=C(O)C(=O)NC1CCc2[nH]c3ccc(Cl)cc3c2C1. The molecule has 0 spiro atoms. The maximum absolute atomic E-state index is 11.2. The zero-order valence-electron chi connectivity index (χ0n) is 10.6. The van der Waals surface area contributed by atoms with Crippen molar-refractivity contribution in [2.75, 3.05) is 0 Å². The summed E-state index contributed by atoms with van der Waals surface area (Å²) in [5, 5.41) is 12.9. The van der Waals surface area contributed by atoms with E-state index in [-0.39, 0.29) is 6.04 Å². The van der Waals surface area contributed by atoms with Crippen LogP contribution in [0.1, 0.15) is 17.7 Å². The van der Waals surface area contributed by atoms with Gasteiger partial charge in [0, 0.05) is 27.7 Å². The van der Waals surface area contributed by atoms with Crippen molar-refractivity contribution in [2.45, 2.75) is 25.3 Å². The van der Waals surface area contributed by atoms with Gasteiger partial charge in [-0.25, -0.2) is 4.79 Å². The third-order valence-corrected chi connectivity index (χ3v) is 3.91. The van der Waals surface area contributed by atoms with Gasteiger partial charge in [0.2, 0.25) is 0 Å². The Kier molecular flexibility index (Phi) is 3.14. The highest BCUT2D eigenvalue weighted by Gasteiger charge is 2.25. The van der Waals surface area contributed by atoms with Crippen molar-refractivity contribution in [2.24, 2.45) is 0 Å². The molecule has 0 fully saturated rings. The van der Waals surface area contributed by atoms with Crippen LogP contribution in [0.4, 0.5) is 0 Å². The van der Waals surface area contributed by atoms with Crippen LogP contribution in [0.15, 0.2) is 18.2 Å². The zero-order chi connectivity index (χ0) is 14.3. The number of carbonyl (C=O) groups excluding carboxylic acids is 1. The van der Waals surface area contributed by atoms with Crippen molar-refractivity contribution >= 4 is 34.4 Å². The molecule has 20 heavy (non-hydrogen) atoms. The fourth-order valence-electron chi connectivity index (χ4n) is 2.76. The maximum atomic E-state index is 11.2. The lowest BCUT2D eigenvalue weighted by Crippen LogP contribution is -2.42. The number of carbonyl (C=O) groups is 2. The van der Waals surface area contributed by atoms with Crippen LogP contribution in [0, 0.1) is 0 Å². The summed E-state index contributed by atoms with van der Waals surface area (Å²) in [6.45, 7) is 0. The Morgan fingerprint density at radius 2 is 2.20 bits per heavy atom. The molecule has 5 nitrogen and oxygen atoms in total. The van der Waals surface area contributed by atoms with Crippen LogP contribution < -0.4 is 5.32 Å². The minimum absolute atomic E-state index is 0.149. The first kappa shape index (κ1) is 13.0. The van der Waals surface area contributed by atoms with E-state index >= 15 is 0 Å². The van der Waals surface area contributed by atoms with Crippen LogP contribution in [-0.2, 0) is 22.4 Å². The first-order valence-electron chi connectivity index (χ1n) is 6.37. The molecule has 1 unspecified atom stereocenters.